The summed E-state index contributed by atoms with van der Waals surface area (Å²) in [6.07, 6.45) is 2.09. The molecule has 1 unspecified atom stereocenters. The van der Waals surface area contributed by atoms with Crippen LogP contribution in [0.2, 0.25) is 0 Å². The molecule has 1 aliphatic rings. The number of hydrogen-bond acceptors (Lipinski definition) is 4. The van der Waals surface area contributed by atoms with E-state index in [9.17, 15) is 8.42 Å². The Morgan fingerprint density at radius 1 is 1.09 bits per heavy atom. The van der Waals surface area contributed by atoms with Gasteiger partial charge < -0.3 is 4.18 Å². The van der Waals surface area contributed by atoms with Crippen molar-refractivity contribution in [1.82, 2.24) is 4.90 Å². The molecule has 0 heterocycles. The zero-order chi connectivity index (χ0) is 16.3. The van der Waals surface area contributed by atoms with Gasteiger partial charge in [-0.15, -0.1) is 0 Å². The second kappa shape index (κ2) is 6.72. The topological polar surface area (TPSA) is 46.6 Å². The summed E-state index contributed by atoms with van der Waals surface area (Å²) in [7, 11) is -1.60. The van der Waals surface area contributed by atoms with E-state index in [1.54, 1.807) is 24.3 Å². The van der Waals surface area contributed by atoms with Gasteiger partial charge in [-0.05, 0) is 43.1 Å². The monoisotopic (exact) mass is 331 g/mol. The number of aryl methyl sites for hydroxylation is 1. The third kappa shape index (κ3) is 3.92. The third-order valence-electron chi connectivity index (χ3n) is 4.29. The molecule has 0 amide bonds. The molecule has 23 heavy (non-hydrogen) atoms. The van der Waals surface area contributed by atoms with Gasteiger partial charge in [-0.2, -0.15) is 8.42 Å². The lowest BCUT2D eigenvalue weighted by Crippen LogP contribution is -2.30. The number of rotatable bonds is 6. The van der Waals surface area contributed by atoms with E-state index in [4.69, 9.17) is 4.18 Å². The van der Waals surface area contributed by atoms with Crippen LogP contribution in [0.5, 0.6) is 5.75 Å². The van der Waals surface area contributed by atoms with E-state index < -0.39 is 10.1 Å². The maximum Gasteiger partial charge on any atom is 0.310 e. The second-order valence-corrected chi connectivity index (χ2v) is 7.58. The zero-order valence-corrected chi connectivity index (χ0v) is 14.0. The summed E-state index contributed by atoms with van der Waals surface area (Å²) in [5.74, 6) is 0.346. The lowest BCUT2D eigenvalue weighted by molar-refractivity contribution is 0.256. The Kier molecular flexibility index (Phi) is 4.68. The van der Waals surface area contributed by atoms with Gasteiger partial charge in [0.05, 0.1) is 5.75 Å². The predicted octanol–water partition coefficient (Wildman–Crippen LogP) is 3.01. The molecule has 1 atom stereocenters. The van der Waals surface area contributed by atoms with Crippen molar-refractivity contribution in [2.45, 2.75) is 18.9 Å². The Balaban J connectivity index is 1.60. The Hall–Kier alpha value is -1.85. The quantitative estimate of drug-likeness (QED) is 0.764. The van der Waals surface area contributed by atoms with Crippen LogP contribution < -0.4 is 4.18 Å². The van der Waals surface area contributed by atoms with Gasteiger partial charge in [-0.25, -0.2) is 0 Å². The molecule has 4 nitrogen and oxygen atoms in total. The Morgan fingerprint density at radius 2 is 1.78 bits per heavy atom. The molecule has 0 radical (unpaired) electrons. The van der Waals surface area contributed by atoms with Gasteiger partial charge in [0.2, 0.25) is 0 Å². The van der Waals surface area contributed by atoms with Crippen molar-refractivity contribution < 1.29 is 12.6 Å². The van der Waals surface area contributed by atoms with Crippen LogP contribution in [0.25, 0.3) is 0 Å². The summed E-state index contributed by atoms with van der Waals surface area (Å²) in [5, 5.41) is 0. The van der Waals surface area contributed by atoms with Gasteiger partial charge in [0.15, 0.2) is 0 Å². The molecule has 2 aromatic carbocycles. The van der Waals surface area contributed by atoms with Gasteiger partial charge in [-0.3, -0.25) is 4.90 Å². The molecule has 3 rings (SSSR count). The first-order valence-electron chi connectivity index (χ1n) is 7.80. The molecule has 0 aromatic heterocycles. The molecule has 2 aromatic rings. The predicted molar refractivity (Wildman–Crippen MR) is 91.0 cm³/mol. The van der Waals surface area contributed by atoms with Crippen LogP contribution in [0.15, 0.2) is 54.6 Å². The minimum atomic E-state index is -3.58. The molecule has 0 N–H and O–H groups in total. The second-order valence-electron chi connectivity index (χ2n) is 5.89. The Labute approximate surface area is 137 Å². The number of para-hydroxylation sites is 1. The third-order valence-corrected chi connectivity index (χ3v) is 5.42. The Morgan fingerprint density at radius 3 is 2.57 bits per heavy atom. The van der Waals surface area contributed by atoms with Crippen LogP contribution in [-0.4, -0.2) is 32.7 Å². The molecule has 5 heteroatoms. The van der Waals surface area contributed by atoms with Crippen molar-refractivity contribution in [3.8, 4) is 5.75 Å². The molecular weight excluding hydrogens is 310 g/mol. The first kappa shape index (κ1) is 16.0. The molecule has 122 valence electrons. The standard InChI is InChI=1S/C18H21NO3S/c1-19(18-12-11-15-7-5-6-10-17(15)18)13-14-23(20,21)22-16-8-3-2-4-9-16/h2-10,18H,11-14H2,1H3. The summed E-state index contributed by atoms with van der Waals surface area (Å²) in [6.45, 7) is 0.453. The highest BCUT2D eigenvalue weighted by atomic mass is 32.2. The van der Waals surface area contributed by atoms with Gasteiger partial charge in [0.25, 0.3) is 0 Å². The molecule has 0 fully saturated rings. The number of nitrogens with zero attached hydrogens (tertiary/aromatic N) is 1. The van der Waals surface area contributed by atoms with E-state index in [-0.39, 0.29) is 11.8 Å². The van der Waals surface area contributed by atoms with Crippen molar-refractivity contribution in [3.05, 3.63) is 65.7 Å². The molecule has 1 aliphatic carbocycles. The number of benzene rings is 2. The maximum absolute atomic E-state index is 12.1. The van der Waals surface area contributed by atoms with Crippen molar-refractivity contribution >= 4 is 10.1 Å². The Bertz CT molecular complexity index is 759. The highest BCUT2D eigenvalue weighted by Gasteiger charge is 2.26. The van der Waals surface area contributed by atoms with Crippen LogP contribution >= 0.6 is 0 Å². The molecular formula is C18H21NO3S. The van der Waals surface area contributed by atoms with E-state index in [1.807, 2.05) is 19.2 Å². The van der Waals surface area contributed by atoms with Crippen LogP contribution in [-0.2, 0) is 16.5 Å². The average Bonchev–Trinajstić information content (AvgIpc) is 2.97. The van der Waals surface area contributed by atoms with Crippen molar-refractivity contribution in [2.24, 2.45) is 0 Å². The number of fused-ring (bicyclic) bond motifs is 1. The van der Waals surface area contributed by atoms with E-state index >= 15 is 0 Å². The smallest absolute Gasteiger partial charge is 0.310 e. The van der Waals surface area contributed by atoms with Crippen LogP contribution in [0.3, 0.4) is 0 Å². The van der Waals surface area contributed by atoms with Crippen molar-refractivity contribution in [1.29, 1.82) is 0 Å². The summed E-state index contributed by atoms with van der Waals surface area (Å²) in [5.41, 5.74) is 2.68. The van der Waals surface area contributed by atoms with Crippen molar-refractivity contribution in [3.63, 3.8) is 0 Å². The summed E-state index contributed by atoms with van der Waals surface area (Å²) < 4.78 is 29.4. The maximum atomic E-state index is 12.1. The fraction of sp³-hybridized carbons (Fsp3) is 0.333. The van der Waals surface area contributed by atoms with Gasteiger partial charge in [-0.1, -0.05) is 42.5 Å². The van der Waals surface area contributed by atoms with Gasteiger partial charge in [0.1, 0.15) is 5.75 Å². The first-order valence-corrected chi connectivity index (χ1v) is 9.38. The van der Waals surface area contributed by atoms with Crippen LogP contribution in [0, 0.1) is 0 Å². The SMILES string of the molecule is CN(CCS(=O)(=O)Oc1ccccc1)C1CCc2ccccc21. The van der Waals surface area contributed by atoms with Crippen molar-refractivity contribution in [2.75, 3.05) is 19.3 Å². The summed E-state index contributed by atoms with van der Waals surface area (Å²) >= 11 is 0. The highest BCUT2D eigenvalue weighted by molar-refractivity contribution is 7.87. The minimum Gasteiger partial charge on any atom is -0.382 e. The summed E-state index contributed by atoms with van der Waals surface area (Å²) in [6, 6.07) is 17.3. The van der Waals surface area contributed by atoms with E-state index in [0.717, 1.165) is 12.8 Å². The zero-order valence-electron chi connectivity index (χ0n) is 13.2. The fourth-order valence-corrected chi connectivity index (χ4v) is 4.07. The molecule has 0 spiro atoms. The van der Waals surface area contributed by atoms with Crippen LogP contribution in [0.4, 0.5) is 0 Å². The lowest BCUT2D eigenvalue weighted by Gasteiger charge is -2.25. The fourth-order valence-electron chi connectivity index (χ4n) is 3.07. The van der Waals surface area contributed by atoms with Gasteiger partial charge >= 0.3 is 10.1 Å². The highest BCUT2D eigenvalue weighted by Crippen LogP contribution is 2.34. The molecule has 0 saturated heterocycles. The van der Waals surface area contributed by atoms with E-state index in [2.05, 4.69) is 23.1 Å². The first-order chi connectivity index (χ1) is 11.1. The largest absolute Gasteiger partial charge is 0.382 e. The average molecular weight is 331 g/mol. The van der Waals surface area contributed by atoms with E-state index in [1.165, 1.54) is 11.1 Å². The molecule has 0 aliphatic heterocycles. The summed E-state index contributed by atoms with van der Waals surface area (Å²) in [4.78, 5) is 2.11. The number of hydrogen-bond donors (Lipinski definition) is 0. The molecule has 0 saturated carbocycles. The molecule has 0 bridgehead atoms. The lowest BCUT2D eigenvalue weighted by atomic mass is 10.1. The van der Waals surface area contributed by atoms with E-state index in [0.29, 0.717) is 12.3 Å². The van der Waals surface area contributed by atoms with Crippen LogP contribution in [0.1, 0.15) is 23.6 Å². The minimum absolute atomic E-state index is 0.0168. The normalized spacial score (nSPS) is 17.2. The van der Waals surface area contributed by atoms with Gasteiger partial charge in [0, 0.05) is 12.6 Å².